The number of nitrogens with zero attached hydrogens (tertiary/aromatic N) is 2. The number of halogens is 1. The number of rotatable bonds is 13. The predicted octanol–water partition coefficient (Wildman–Crippen LogP) is 7.99. The molecule has 1 aromatic heterocycles. The zero-order valence-corrected chi connectivity index (χ0v) is 24.1. The van der Waals surface area contributed by atoms with Crippen LogP contribution < -0.4 is 10.1 Å². The molecule has 1 N–H and O–H groups in total. The maximum atomic E-state index is 12.3. The Kier molecular flexibility index (Phi) is 10.0. The number of imidazole rings is 1. The van der Waals surface area contributed by atoms with E-state index in [2.05, 4.69) is 73.1 Å². The number of para-hydroxylation sites is 2. The second-order valence-electron chi connectivity index (χ2n) is 11.0. The number of aryl methyl sites for hydroxylation is 2. The van der Waals surface area contributed by atoms with Crippen LogP contribution in [-0.4, -0.2) is 28.6 Å². The van der Waals surface area contributed by atoms with Crippen molar-refractivity contribution < 1.29 is 9.53 Å². The lowest BCUT2D eigenvalue weighted by molar-refractivity contribution is 0.0953. The molecule has 206 valence electrons. The molecule has 0 unspecified atom stereocenters. The summed E-state index contributed by atoms with van der Waals surface area (Å²) < 4.78 is 8.37. The summed E-state index contributed by atoms with van der Waals surface area (Å²) >= 11 is 6.12. The van der Waals surface area contributed by atoms with Crippen LogP contribution in [0.15, 0.2) is 72.8 Å². The van der Waals surface area contributed by atoms with Gasteiger partial charge in [0.25, 0.3) is 5.91 Å². The number of unbranched alkanes of at least 4 members (excludes halogenated alkanes) is 3. The average molecular weight is 546 g/mol. The first kappa shape index (κ1) is 28.7. The van der Waals surface area contributed by atoms with Crippen molar-refractivity contribution in [2.75, 3.05) is 13.2 Å². The van der Waals surface area contributed by atoms with Crippen molar-refractivity contribution in [3.05, 3.63) is 94.8 Å². The highest BCUT2D eigenvalue weighted by Crippen LogP contribution is 2.24. The third-order valence-corrected chi connectivity index (χ3v) is 7.31. The van der Waals surface area contributed by atoms with Gasteiger partial charge in [0.15, 0.2) is 0 Å². The summed E-state index contributed by atoms with van der Waals surface area (Å²) in [5.41, 5.74) is 4.23. The van der Waals surface area contributed by atoms with E-state index in [1.54, 1.807) is 12.1 Å². The van der Waals surface area contributed by atoms with Crippen molar-refractivity contribution in [2.24, 2.45) is 0 Å². The number of hydrogen-bond acceptors (Lipinski definition) is 3. The van der Waals surface area contributed by atoms with E-state index >= 15 is 0 Å². The van der Waals surface area contributed by atoms with Crippen LogP contribution in [0.4, 0.5) is 0 Å². The molecule has 0 saturated carbocycles. The van der Waals surface area contributed by atoms with Crippen molar-refractivity contribution in [3.8, 4) is 5.75 Å². The van der Waals surface area contributed by atoms with E-state index in [1.807, 2.05) is 18.2 Å². The quantitative estimate of drug-likeness (QED) is 0.173. The summed E-state index contributed by atoms with van der Waals surface area (Å²) in [5, 5.41) is 3.46. The molecule has 0 bridgehead atoms. The molecule has 4 rings (SSSR count). The van der Waals surface area contributed by atoms with Crippen molar-refractivity contribution >= 4 is 28.5 Å². The summed E-state index contributed by atoms with van der Waals surface area (Å²) in [6.07, 6.45) is 5.90. The van der Waals surface area contributed by atoms with Crippen LogP contribution in [-0.2, 0) is 18.4 Å². The summed E-state index contributed by atoms with van der Waals surface area (Å²) in [7, 11) is 0. The van der Waals surface area contributed by atoms with E-state index in [4.69, 9.17) is 21.3 Å². The number of amides is 1. The molecule has 0 aliphatic carbocycles. The van der Waals surface area contributed by atoms with E-state index < -0.39 is 0 Å². The Balaban J connectivity index is 1.21. The number of fused-ring (bicyclic) bond motifs is 1. The summed E-state index contributed by atoms with van der Waals surface area (Å²) in [6.45, 7) is 8.94. The van der Waals surface area contributed by atoms with Gasteiger partial charge in [0.2, 0.25) is 0 Å². The third kappa shape index (κ3) is 8.09. The first-order valence-corrected chi connectivity index (χ1v) is 14.4. The SMILES string of the molecule is CC(C)(C)c1ccc(OCCCCn2c(CCCCCNC(=O)c3ccccc3Cl)nc3ccccc32)cc1. The van der Waals surface area contributed by atoms with Crippen LogP contribution in [0.25, 0.3) is 11.0 Å². The summed E-state index contributed by atoms with van der Waals surface area (Å²) in [5.74, 6) is 1.95. The molecular weight excluding hydrogens is 506 g/mol. The standard InChI is InChI=1S/C33H40ClN3O2/c1-33(2,3)25-18-20-26(21-19-25)39-24-12-11-23-37-30-16-9-8-15-29(30)36-31(37)17-5-4-10-22-35-32(38)27-13-6-7-14-28(27)34/h6-9,13-16,18-21H,4-5,10-12,17,22-24H2,1-3H3,(H,35,38). The van der Waals surface area contributed by atoms with Gasteiger partial charge in [0.1, 0.15) is 11.6 Å². The lowest BCUT2D eigenvalue weighted by Crippen LogP contribution is -2.24. The van der Waals surface area contributed by atoms with Crippen molar-refractivity contribution in [1.82, 2.24) is 14.9 Å². The fourth-order valence-electron chi connectivity index (χ4n) is 4.71. The third-order valence-electron chi connectivity index (χ3n) is 6.98. The molecule has 0 spiro atoms. The van der Waals surface area contributed by atoms with Gasteiger partial charge >= 0.3 is 0 Å². The molecule has 0 radical (unpaired) electrons. The molecular formula is C33H40ClN3O2. The Morgan fingerprint density at radius 1 is 0.897 bits per heavy atom. The van der Waals surface area contributed by atoms with Crippen molar-refractivity contribution in [3.63, 3.8) is 0 Å². The number of carbonyl (C=O) groups excluding carboxylic acids is 1. The Labute approximate surface area is 237 Å². The maximum Gasteiger partial charge on any atom is 0.252 e. The highest BCUT2D eigenvalue weighted by Gasteiger charge is 2.13. The van der Waals surface area contributed by atoms with E-state index in [-0.39, 0.29) is 11.3 Å². The number of hydrogen-bond donors (Lipinski definition) is 1. The Bertz CT molecular complexity index is 1360. The second kappa shape index (κ2) is 13.7. The Morgan fingerprint density at radius 2 is 1.64 bits per heavy atom. The van der Waals surface area contributed by atoms with Gasteiger partial charge in [-0.25, -0.2) is 4.98 Å². The van der Waals surface area contributed by atoms with Crippen LogP contribution in [0.2, 0.25) is 5.02 Å². The molecule has 39 heavy (non-hydrogen) atoms. The molecule has 0 aliphatic rings. The van der Waals surface area contributed by atoms with Gasteiger partial charge in [-0.05, 0) is 73.1 Å². The van der Waals surface area contributed by atoms with Gasteiger partial charge in [0.05, 0.1) is 28.2 Å². The maximum absolute atomic E-state index is 12.3. The lowest BCUT2D eigenvalue weighted by Gasteiger charge is -2.19. The minimum absolute atomic E-state index is 0.117. The number of aromatic nitrogens is 2. The second-order valence-corrected chi connectivity index (χ2v) is 11.5. The van der Waals surface area contributed by atoms with Gasteiger partial charge < -0.3 is 14.6 Å². The van der Waals surface area contributed by atoms with E-state index in [0.717, 1.165) is 62.2 Å². The smallest absolute Gasteiger partial charge is 0.252 e. The monoisotopic (exact) mass is 545 g/mol. The average Bonchev–Trinajstić information content (AvgIpc) is 3.27. The van der Waals surface area contributed by atoms with Crippen molar-refractivity contribution in [1.29, 1.82) is 0 Å². The van der Waals surface area contributed by atoms with E-state index in [9.17, 15) is 4.79 Å². The summed E-state index contributed by atoms with van der Waals surface area (Å²) in [6, 6.07) is 24.0. The molecule has 0 aliphatic heterocycles. The molecule has 4 aromatic rings. The normalized spacial score (nSPS) is 11.6. The van der Waals surface area contributed by atoms with Crippen LogP contribution in [0, 0.1) is 0 Å². The molecule has 5 nitrogen and oxygen atoms in total. The molecule has 0 atom stereocenters. The molecule has 6 heteroatoms. The zero-order valence-electron chi connectivity index (χ0n) is 23.4. The topological polar surface area (TPSA) is 56.1 Å². The van der Waals surface area contributed by atoms with Crippen LogP contribution in [0.1, 0.15) is 74.6 Å². The largest absolute Gasteiger partial charge is 0.494 e. The minimum Gasteiger partial charge on any atom is -0.494 e. The van der Waals surface area contributed by atoms with E-state index in [1.165, 1.54) is 11.1 Å². The van der Waals surface area contributed by atoms with E-state index in [0.29, 0.717) is 23.7 Å². The number of carbonyl (C=O) groups is 1. The molecule has 3 aromatic carbocycles. The lowest BCUT2D eigenvalue weighted by atomic mass is 9.87. The first-order valence-electron chi connectivity index (χ1n) is 14.0. The number of ether oxygens (including phenoxy) is 1. The highest BCUT2D eigenvalue weighted by molar-refractivity contribution is 6.33. The van der Waals surface area contributed by atoms with Gasteiger partial charge in [0, 0.05) is 19.5 Å². The van der Waals surface area contributed by atoms with Gasteiger partial charge in [-0.2, -0.15) is 0 Å². The minimum atomic E-state index is -0.117. The van der Waals surface area contributed by atoms with Gasteiger partial charge in [-0.1, -0.05) is 75.2 Å². The fourth-order valence-corrected chi connectivity index (χ4v) is 4.93. The number of benzene rings is 3. The molecule has 0 saturated heterocycles. The highest BCUT2D eigenvalue weighted by atomic mass is 35.5. The Hall–Kier alpha value is -3.31. The zero-order chi connectivity index (χ0) is 27.7. The molecule has 1 heterocycles. The molecule has 0 fully saturated rings. The first-order chi connectivity index (χ1) is 18.8. The van der Waals surface area contributed by atoms with Gasteiger partial charge in [-0.3, -0.25) is 4.79 Å². The van der Waals surface area contributed by atoms with Gasteiger partial charge in [-0.15, -0.1) is 0 Å². The van der Waals surface area contributed by atoms with Crippen molar-refractivity contribution in [2.45, 2.75) is 71.3 Å². The predicted molar refractivity (Wildman–Crippen MR) is 161 cm³/mol. The van der Waals surface area contributed by atoms with Crippen LogP contribution in [0.3, 0.4) is 0 Å². The molecule has 1 amide bonds. The summed E-state index contributed by atoms with van der Waals surface area (Å²) in [4.78, 5) is 17.3. The van der Waals surface area contributed by atoms with Crippen LogP contribution >= 0.6 is 11.6 Å². The fraction of sp³-hybridized carbons (Fsp3) is 0.394. The van der Waals surface area contributed by atoms with Crippen LogP contribution in [0.5, 0.6) is 5.75 Å². The Morgan fingerprint density at radius 3 is 2.41 bits per heavy atom. The number of nitrogens with one attached hydrogen (secondary N) is 1.